The fourth-order valence-corrected chi connectivity index (χ4v) is 4.08. The molecule has 0 radical (unpaired) electrons. The number of nitrogens with one attached hydrogen (secondary N) is 4. The van der Waals surface area contributed by atoms with Crippen LogP contribution in [0.15, 0.2) is 29.3 Å². The van der Waals surface area contributed by atoms with Crippen molar-refractivity contribution in [2.24, 2.45) is 4.99 Å². The van der Waals surface area contributed by atoms with Gasteiger partial charge in [-0.1, -0.05) is 12.1 Å². The highest BCUT2D eigenvalue weighted by molar-refractivity contribution is 7.89. The Morgan fingerprint density at radius 2 is 2.03 bits per heavy atom. The van der Waals surface area contributed by atoms with Crippen LogP contribution >= 0.6 is 0 Å². The Balaban J connectivity index is 1.68. The van der Waals surface area contributed by atoms with Gasteiger partial charge in [-0.3, -0.25) is 9.79 Å². The first-order valence-corrected chi connectivity index (χ1v) is 11.9. The highest BCUT2D eigenvalue weighted by atomic mass is 32.2. The summed E-state index contributed by atoms with van der Waals surface area (Å²) in [4.78, 5) is 15.8. The molecule has 1 aromatic rings. The first kappa shape index (κ1) is 24.1. The van der Waals surface area contributed by atoms with E-state index in [2.05, 4.69) is 25.7 Å². The Bertz CT molecular complexity index is 807. The lowest BCUT2D eigenvalue weighted by Crippen LogP contribution is -2.43. The molecule has 30 heavy (non-hydrogen) atoms. The molecule has 10 heteroatoms. The predicted octanol–water partition coefficient (Wildman–Crippen LogP) is 0.242. The van der Waals surface area contributed by atoms with Crippen molar-refractivity contribution in [2.45, 2.75) is 31.8 Å². The van der Waals surface area contributed by atoms with Gasteiger partial charge in [0, 0.05) is 45.9 Å². The lowest BCUT2D eigenvalue weighted by Gasteiger charge is -2.22. The largest absolute Gasteiger partial charge is 0.377 e. The Kier molecular flexibility index (Phi) is 10.0. The number of guanidine groups is 1. The summed E-state index contributed by atoms with van der Waals surface area (Å²) in [5.74, 6) is 0.365. The van der Waals surface area contributed by atoms with Gasteiger partial charge in [-0.15, -0.1) is 0 Å². The molecule has 1 aliphatic rings. The maximum Gasteiger partial charge on any atom is 0.251 e. The van der Waals surface area contributed by atoms with E-state index in [1.165, 1.54) is 0 Å². The van der Waals surface area contributed by atoms with Gasteiger partial charge >= 0.3 is 0 Å². The Morgan fingerprint density at radius 1 is 1.23 bits per heavy atom. The number of amides is 1. The molecule has 0 bridgehead atoms. The van der Waals surface area contributed by atoms with Gasteiger partial charge in [0.25, 0.3) is 5.91 Å². The van der Waals surface area contributed by atoms with Crippen molar-refractivity contribution in [2.75, 3.05) is 46.1 Å². The third kappa shape index (κ3) is 8.68. The summed E-state index contributed by atoms with van der Waals surface area (Å²) in [6.07, 6.45) is 3.68. The lowest BCUT2D eigenvalue weighted by atomic mass is 10.1. The van der Waals surface area contributed by atoms with Crippen LogP contribution in [0.2, 0.25) is 0 Å². The van der Waals surface area contributed by atoms with Gasteiger partial charge in [-0.05, 0) is 43.4 Å². The first-order valence-electron chi connectivity index (χ1n) is 10.3. The number of sulfonamides is 1. The molecular formula is C20H33N5O4S. The zero-order chi connectivity index (χ0) is 21.8. The Morgan fingerprint density at radius 3 is 2.73 bits per heavy atom. The van der Waals surface area contributed by atoms with Gasteiger partial charge in [0.2, 0.25) is 10.0 Å². The molecule has 1 aliphatic heterocycles. The van der Waals surface area contributed by atoms with Crippen LogP contribution in [0.4, 0.5) is 0 Å². The van der Waals surface area contributed by atoms with Gasteiger partial charge < -0.3 is 20.7 Å². The molecule has 9 nitrogen and oxygen atoms in total. The summed E-state index contributed by atoms with van der Waals surface area (Å²) in [6.45, 7) is 1.87. The minimum absolute atomic E-state index is 0.0298. The van der Waals surface area contributed by atoms with Crippen molar-refractivity contribution in [3.05, 3.63) is 35.4 Å². The van der Waals surface area contributed by atoms with E-state index in [1.54, 1.807) is 20.2 Å². The van der Waals surface area contributed by atoms with Crippen molar-refractivity contribution in [3.63, 3.8) is 0 Å². The van der Waals surface area contributed by atoms with Crippen molar-refractivity contribution in [1.82, 2.24) is 20.7 Å². The number of aliphatic imine (C=N–C) groups is 1. The Hall–Kier alpha value is -2.17. The van der Waals surface area contributed by atoms with Gasteiger partial charge in [0.1, 0.15) is 0 Å². The molecule has 0 aliphatic carbocycles. The average Bonchev–Trinajstić information content (AvgIpc) is 2.77. The highest BCUT2D eigenvalue weighted by Gasteiger charge is 2.17. The molecule has 1 fully saturated rings. The monoisotopic (exact) mass is 439 g/mol. The Labute approximate surface area is 179 Å². The topological polar surface area (TPSA) is 121 Å². The number of hydrogen-bond acceptors (Lipinski definition) is 5. The van der Waals surface area contributed by atoms with Crippen LogP contribution in [0.5, 0.6) is 0 Å². The van der Waals surface area contributed by atoms with Crippen LogP contribution < -0.4 is 20.7 Å². The summed E-state index contributed by atoms with van der Waals surface area (Å²) >= 11 is 0. The van der Waals surface area contributed by atoms with Gasteiger partial charge in [0.15, 0.2) is 5.96 Å². The van der Waals surface area contributed by atoms with E-state index in [0.717, 1.165) is 24.8 Å². The minimum atomic E-state index is -3.38. The quantitative estimate of drug-likeness (QED) is 0.306. The number of nitrogens with zero attached hydrogens (tertiary/aromatic N) is 1. The van der Waals surface area contributed by atoms with E-state index in [4.69, 9.17) is 4.74 Å². The summed E-state index contributed by atoms with van der Waals surface area (Å²) in [7, 11) is -0.140. The molecule has 0 aromatic heterocycles. The second kappa shape index (κ2) is 12.5. The fraction of sp³-hybridized carbons (Fsp3) is 0.600. The molecule has 2 rings (SSSR count). The summed E-state index contributed by atoms with van der Waals surface area (Å²) in [5.41, 5.74) is 1.64. The summed E-state index contributed by atoms with van der Waals surface area (Å²) in [6, 6.07) is 7.43. The summed E-state index contributed by atoms with van der Waals surface area (Å²) < 4.78 is 32.5. The zero-order valence-corrected chi connectivity index (χ0v) is 18.6. The molecule has 4 N–H and O–H groups in total. The third-order valence-corrected chi connectivity index (χ3v) is 6.16. The van der Waals surface area contributed by atoms with Crippen LogP contribution in [-0.2, 0) is 21.2 Å². The SMILES string of the molecule is CN=C(NCCc1cccc(C(=O)NC)c1)NCCS(=O)(=O)NCC1CCCCO1. The van der Waals surface area contributed by atoms with E-state index >= 15 is 0 Å². The number of benzene rings is 1. The first-order chi connectivity index (χ1) is 14.4. The minimum Gasteiger partial charge on any atom is -0.377 e. The third-order valence-electron chi connectivity index (χ3n) is 4.81. The molecule has 1 aromatic carbocycles. The van der Waals surface area contributed by atoms with E-state index in [0.29, 0.717) is 37.6 Å². The standard InChI is InChI=1S/C20H33N5O4S/c1-21-19(26)17-7-5-6-16(14-17)9-10-23-20(22-2)24-11-13-30(27,28)25-15-18-8-3-4-12-29-18/h5-7,14,18,25H,3-4,8-13,15H2,1-2H3,(H,21,26)(H2,22,23,24). The van der Waals surface area contributed by atoms with E-state index in [1.807, 2.05) is 18.2 Å². The fourth-order valence-electron chi connectivity index (χ4n) is 3.12. The van der Waals surface area contributed by atoms with Crippen LogP contribution in [0, 0.1) is 0 Å². The zero-order valence-electron chi connectivity index (χ0n) is 17.7. The number of ether oxygens (including phenoxy) is 1. The average molecular weight is 440 g/mol. The van der Waals surface area contributed by atoms with Crippen molar-refractivity contribution >= 4 is 21.9 Å². The van der Waals surface area contributed by atoms with Crippen molar-refractivity contribution in [3.8, 4) is 0 Å². The van der Waals surface area contributed by atoms with Crippen molar-refractivity contribution < 1.29 is 17.9 Å². The highest BCUT2D eigenvalue weighted by Crippen LogP contribution is 2.11. The van der Waals surface area contributed by atoms with Gasteiger partial charge in [-0.25, -0.2) is 13.1 Å². The van der Waals surface area contributed by atoms with E-state index in [9.17, 15) is 13.2 Å². The molecule has 1 unspecified atom stereocenters. The van der Waals surface area contributed by atoms with E-state index in [-0.39, 0.29) is 24.3 Å². The summed E-state index contributed by atoms with van der Waals surface area (Å²) in [5, 5.41) is 8.78. The molecule has 1 heterocycles. The normalized spacial score (nSPS) is 17.4. The van der Waals surface area contributed by atoms with Crippen molar-refractivity contribution in [1.29, 1.82) is 0 Å². The number of hydrogen-bond donors (Lipinski definition) is 4. The van der Waals surface area contributed by atoms with E-state index < -0.39 is 10.0 Å². The molecule has 1 saturated heterocycles. The predicted molar refractivity (Wildman–Crippen MR) is 118 cm³/mol. The maximum atomic E-state index is 12.2. The molecular weight excluding hydrogens is 406 g/mol. The molecule has 0 spiro atoms. The lowest BCUT2D eigenvalue weighted by molar-refractivity contribution is 0.0200. The van der Waals surface area contributed by atoms with Crippen LogP contribution in [0.25, 0.3) is 0 Å². The van der Waals surface area contributed by atoms with Crippen LogP contribution in [0.1, 0.15) is 35.2 Å². The smallest absolute Gasteiger partial charge is 0.251 e. The number of rotatable bonds is 10. The maximum absolute atomic E-state index is 12.2. The second-order valence-corrected chi connectivity index (χ2v) is 9.04. The van der Waals surface area contributed by atoms with Crippen LogP contribution in [-0.4, -0.2) is 72.5 Å². The van der Waals surface area contributed by atoms with Crippen LogP contribution in [0.3, 0.4) is 0 Å². The molecule has 168 valence electrons. The molecule has 0 saturated carbocycles. The second-order valence-electron chi connectivity index (χ2n) is 7.11. The van der Waals surface area contributed by atoms with Gasteiger partial charge in [-0.2, -0.15) is 0 Å². The van der Waals surface area contributed by atoms with Gasteiger partial charge in [0.05, 0.1) is 11.9 Å². The molecule has 1 atom stereocenters. The number of carbonyl (C=O) groups is 1. The molecule has 1 amide bonds. The number of carbonyl (C=O) groups excluding carboxylic acids is 1.